The molecule has 120 valence electrons. The fourth-order valence-electron chi connectivity index (χ4n) is 3.14. The van der Waals surface area contributed by atoms with E-state index in [1.165, 1.54) is 0 Å². The lowest BCUT2D eigenvalue weighted by Crippen LogP contribution is -2.38. The van der Waals surface area contributed by atoms with Crippen LogP contribution >= 0.6 is 11.6 Å². The van der Waals surface area contributed by atoms with Crippen molar-refractivity contribution in [2.45, 2.75) is 24.8 Å². The summed E-state index contributed by atoms with van der Waals surface area (Å²) in [5.74, 6) is 0.433. The third-order valence-electron chi connectivity index (χ3n) is 4.29. The van der Waals surface area contributed by atoms with E-state index in [0.29, 0.717) is 24.5 Å². The van der Waals surface area contributed by atoms with Gasteiger partial charge in [0, 0.05) is 30.1 Å². The predicted octanol–water partition coefficient (Wildman–Crippen LogP) is 1.59. The SMILES string of the molecule is CS(=O)(=O)N[C@@H]1CCN(C(=O)[C@H]2C[C@@H]2c2ccc(Cl)cc2)C1. The standard InChI is InChI=1S/C15H19ClN2O3S/c1-22(20,21)17-12-6-7-18(9-12)15(19)14-8-13(14)10-2-4-11(16)5-3-10/h2-5,12-14,17H,6-9H2,1H3/t12-,13-,14+/m1/s1. The molecule has 1 amide bonds. The van der Waals surface area contributed by atoms with Gasteiger partial charge in [0.1, 0.15) is 0 Å². The van der Waals surface area contributed by atoms with Crippen molar-refractivity contribution in [3.05, 3.63) is 34.9 Å². The molecule has 0 bridgehead atoms. The van der Waals surface area contributed by atoms with Gasteiger partial charge in [-0.2, -0.15) is 0 Å². The van der Waals surface area contributed by atoms with Gasteiger partial charge in [0.2, 0.25) is 15.9 Å². The average Bonchev–Trinajstić information content (AvgIpc) is 3.10. The van der Waals surface area contributed by atoms with E-state index in [0.717, 1.165) is 18.2 Å². The molecule has 1 N–H and O–H groups in total. The molecule has 0 spiro atoms. The number of sulfonamides is 1. The summed E-state index contributed by atoms with van der Waals surface area (Å²) < 4.78 is 25.1. The molecule has 2 fully saturated rings. The molecule has 1 aliphatic heterocycles. The van der Waals surface area contributed by atoms with Crippen LogP contribution in [0, 0.1) is 5.92 Å². The van der Waals surface area contributed by atoms with Crippen LogP contribution in [0.2, 0.25) is 5.02 Å². The highest BCUT2D eigenvalue weighted by atomic mass is 35.5. The van der Waals surface area contributed by atoms with Crippen molar-refractivity contribution in [3.63, 3.8) is 0 Å². The maximum Gasteiger partial charge on any atom is 0.226 e. The number of hydrogen-bond acceptors (Lipinski definition) is 3. The summed E-state index contributed by atoms with van der Waals surface area (Å²) in [6.45, 7) is 1.09. The Kier molecular flexibility index (Phi) is 4.18. The summed E-state index contributed by atoms with van der Waals surface area (Å²) in [7, 11) is -3.22. The summed E-state index contributed by atoms with van der Waals surface area (Å²) in [6.07, 6.45) is 2.69. The van der Waals surface area contributed by atoms with Crippen LogP contribution in [0.3, 0.4) is 0 Å². The highest BCUT2D eigenvalue weighted by Crippen LogP contribution is 2.48. The maximum absolute atomic E-state index is 12.5. The maximum atomic E-state index is 12.5. The first-order chi connectivity index (χ1) is 10.3. The van der Waals surface area contributed by atoms with E-state index in [2.05, 4.69) is 4.72 Å². The third-order valence-corrected chi connectivity index (χ3v) is 5.30. The molecule has 3 rings (SSSR count). The molecule has 0 aromatic heterocycles. The zero-order valence-electron chi connectivity index (χ0n) is 12.3. The summed E-state index contributed by atoms with van der Waals surface area (Å²) in [4.78, 5) is 14.3. The van der Waals surface area contributed by atoms with Crippen molar-refractivity contribution in [1.29, 1.82) is 0 Å². The van der Waals surface area contributed by atoms with E-state index in [4.69, 9.17) is 11.6 Å². The molecule has 1 aromatic rings. The van der Waals surface area contributed by atoms with Crippen LogP contribution < -0.4 is 4.72 Å². The van der Waals surface area contributed by atoms with Gasteiger partial charge >= 0.3 is 0 Å². The number of carbonyl (C=O) groups excluding carboxylic acids is 1. The van der Waals surface area contributed by atoms with Gasteiger partial charge in [0.15, 0.2) is 0 Å². The van der Waals surface area contributed by atoms with E-state index in [1.54, 1.807) is 4.90 Å². The Morgan fingerprint density at radius 3 is 2.64 bits per heavy atom. The van der Waals surface area contributed by atoms with Crippen molar-refractivity contribution in [1.82, 2.24) is 9.62 Å². The molecule has 2 aliphatic rings. The summed E-state index contributed by atoms with van der Waals surface area (Å²) in [5, 5.41) is 0.696. The summed E-state index contributed by atoms with van der Waals surface area (Å²) in [6, 6.07) is 7.47. The molecule has 1 saturated heterocycles. The Bertz CT molecular complexity index is 675. The number of halogens is 1. The number of likely N-dealkylation sites (tertiary alicyclic amines) is 1. The van der Waals surface area contributed by atoms with E-state index < -0.39 is 10.0 Å². The van der Waals surface area contributed by atoms with Crippen LogP contribution in [0.5, 0.6) is 0 Å². The Hall–Kier alpha value is -1.11. The van der Waals surface area contributed by atoms with E-state index in [1.807, 2.05) is 24.3 Å². The molecule has 1 saturated carbocycles. The molecule has 1 aromatic carbocycles. The topological polar surface area (TPSA) is 66.5 Å². The van der Waals surface area contributed by atoms with Crippen LogP contribution in [0.25, 0.3) is 0 Å². The van der Waals surface area contributed by atoms with Gasteiger partial charge < -0.3 is 4.90 Å². The van der Waals surface area contributed by atoms with Gasteiger partial charge in [0.25, 0.3) is 0 Å². The molecule has 7 heteroatoms. The number of nitrogens with zero attached hydrogens (tertiary/aromatic N) is 1. The second kappa shape index (κ2) is 5.83. The minimum atomic E-state index is -3.22. The van der Waals surface area contributed by atoms with Gasteiger partial charge in [-0.15, -0.1) is 0 Å². The minimum absolute atomic E-state index is 0.0261. The zero-order valence-corrected chi connectivity index (χ0v) is 13.9. The van der Waals surface area contributed by atoms with Crippen molar-refractivity contribution in [2.75, 3.05) is 19.3 Å². The summed E-state index contributed by atoms with van der Waals surface area (Å²) >= 11 is 5.88. The van der Waals surface area contributed by atoms with Gasteiger partial charge in [-0.1, -0.05) is 23.7 Å². The fraction of sp³-hybridized carbons (Fsp3) is 0.533. The van der Waals surface area contributed by atoms with Crippen LogP contribution in [0.15, 0.2) is 24.3 Å². The lowest BCUT2D eigenvalue weighted by Gasteiger charge is -2.17. The Morgan fingerprint density at radius 1 is 1.32 bits per heavy atom. The first kappa shape index (κ1) is 15.8. The number of hydrogen-bond donors (Lipinski definition) is 1. The highest BCUT2D eigenvalue weighted by molar-refractivity contribution is 7.88. The van der Waals surface area contributed by atoms with Gasteiger partial charge in [-0.05, 0) is 36.5 Å². The van der Waals surface area contributed by atoms with Crippen molar-refractivity contribution >= 4 is 27.5 Å². The lowest BCUT2D eigenvalue weighted by atomic mass is 10.1. The normalized spacial score (nSPS) is 27.9. The van der Waals surface area contributed by atoms with E-state index >= 15 is 0 Å². The molecular weight excluding hydrogens is 324 g/mol. The van der Waals surface area contributed by atoms with Gasteiger partial charge in [0.05, 0.1) is 6.26 Å². The molecule has 5 nitrogen and oxygen atoms in total. The molecular formula is C15H19ClN2O3S. The van der Waals surface area contributed by atoms with Crippen LogP contribution in [-0.2, 0) is 14.8 Å². The van der Waals surface area contributed by atoms with Gasteiger partial charge in [-0.25, -0.2) is 13.1 Å². The monoisotopic (exact) mass is 342 g/mol. The molecule has 0 radical (unpaired) electrons. The van der Waals surface area contributed by atoms with E-state index in [-0.39, 0.29) is 23.8 Å². The smallest absolute Gasteiger partial charge is 0.226 e. The molecule has 1 heterocycles. The van der Waals surface area contributed by atoms with E-state index in [9.17, 15) is 13.2 Å². The van der Waals surface area contributed by atoms with Crippen molar-refractivity contribution in [3.8, 4) is 0 Å². The largest absolute Gasteiger partial charge is 0.341 e. The molecule has 1 aliphatic carbocycles. The number of benzene rings is 1. The van der Waals surface area contributed by atoms with Crippen molar-refractivity contribution < 1.29 is 13.2 Å². The first-order valence-electron chi connectivity index (χ1n) is 7.35. The Balaban J connectivity index is 1.57. The molecule has 22 heavy (non-hydrogen) atoms. The number of nitrogens with one attached hydrogen (secondary N) is 1. The number of rotatable bonds is 4. The lowest BCUT2D eigenvalue weighted by molar-refractivity contribution is -0.131. The molecule has 3 atom stereocenters. The average molecular weight is 343 g/mol. The predicted molar refractivity (Wildman–Crippen MR) is 85.3 cm³/mol. The summed E-state index contributed by atoms with van der Waals surface area (Å²) in [5.41, 5.74) is 1.15. The van der Waals surface area contributed by atoms with Crippen LogP contribution in [0.4, 0.5) is 0 Å². The Morgan fingerprint density at radius 2 is 2.00 bits per heavy atom. The highest BCUT2D eigenvalue weighted by Gasteiger charge is 2.46. The minimum Gasteiger partial charge on any atom is -0.341 e. The zero-order chi connectivity index (χ0) is 15.9. The second-order valence-electron chi connectivity index (χ2n) is 6.16. The fourth-order valence-corrected chi connectivity index (χ4v) is 4.06. The number of carbonyl (C=O) groups is 1. The quantitative estimate of drug-likeness (QED) is 0.903. The third kappa shape index (κ3) is 3.62. The molecule has 0 unspecified atom stereocenters. The van der Waals surface area contributed by atoms with Gasteiger partial charge in [-0.3, -0.25) is 4.79 Å². The second-order valence-corrected chi connectivity index (χ2v) is 8.38. The van der Waals surface area contributed by atoms with Crippen molar-refractivity contribution in [2.24, 2.45) is 5.92 Å². The van der Waals surface area contributed by atoms with Crippen LogP contribution in [-0.4, -0.2) is 44.6 Å². The Labute approximate surface area is 135 Å². The van der Waals surface area contributed by atoms with Crippen LogP contribution in [0.1, 0.15) is 24.3 Å². The first-order valence-corrected chi connectivity index (χ1v) is 9.62. The number of amides is 1.